The summed E-state index contributed by atoms with van der Waals surface area (Å²) < 4.78 is 17.1. The van der Waals surface area contributed by atoms with Crippen molar-refractivity contribution >= 4 is 28.7 Å². The number of rotatable bonds is 7. The summed E-state index contributed by atoms with van der Waals surface area (Å²) in [5.74, 6) is 0. The van der Waals surface area contributed by atoms with E-state index in [0.29, 0.717) is 0 Å². The molecule has 0 saturated heterocycles. The summed E-state index contributed by atoms with van der Waals surface area (Å²) >= 11 is 2.24. The van der Waals surface area contributed by atoms with E-state index < -0.39 is 12.2 Å². The molecule has 2 atom stereocenters. The quantitative estimate of drug-likeness (QED) is 0.556. The van der Waals surface area contributed by atoms with Crippen LogP contribution in [0.2, 0.25) is 0 Å². The fourth-order valence-electron chi connectivity index (χ4n) is 1.83. The first-order valence-corrected chi connectivity index (χ1v) is 7.85. The lowest BCUT2D eigenvalue weighted by atomic mass is 10.1. The molecule has 1 rings (SSSR count). The van der Waals surface area contributed by atoms with Crippen molar-refractivity contribution in [3.05, 3.63) is 33.4 Å². The maximum Gasteiger partial charge on any atom is 0.407 e. The van der Waals surface area contributed by atoms with Crippen LogP contribution in [0.4, 0.5) is 4.79 Å². The zero-order chi connectivity index (χ0) is 15.8. The number of amides is 1. The van der Waals surface area contributed by atoms with Gasteiger partial charge in [-0.1, -0.05) is 18.2 Å². The molecule has 0 spiro atoms. The highest BCUT2D eigenvalue weighted by molar-refractivity contribution is 14.1. The van der Waals surface area contributed by atoms with Crippen molar-refractivity contribution in [1.82, 2.24) is 5.32 Å². The van der Waals surface area contributed by atoms with Crippen LogP contribution < -0.4 is 5.32 Å². The van der Waals surface area contributed by atoms with E-state index in [1.54, 1.807) is 7.11 Å². The SMILES string of the molecule is COCO[C@@H](c1ccccc1I)[C@H](C)OC(=O)NC(C)C. The number of hydrogen-bond donors (Lipinski definition) is 1. The Kier molecular flexibility index (Phi) is 7.98. The van der Waals surface area contributed by atoms with Gasteiger partial charge in [0.25, 0.3) is 0 Å². The van der Waals surface area contributed by atoms with Crippen molar-refractivity contribution in [2.45, 2.75) is 39.0 Å². The number of carbonyl (C=O) groups excluding carboxylic acids is 1. The van der Waals surface area contributed by atoms with Crippen LogP contribution >= 0.6 is 22.6 Å². The number of ether oxygens (including phenoxy) is 3. The van der Waals surface area contributed by atoms with E-state index in [1.807, 2.05) is 45.0 Å². The number of methoxy groups -OCH3 is 1. The fourth-order valence-corrected chi connectivity index (χ4v) is 2.52. The van der Waals surface area contributed by atoms with Crippen LogP contribution in [0.25, 0.3) is 0 Å². The second-order valence-corrected chi connectivity index (χ2v) is 6.09. The Bertz CT molecular complexity index is 453. The molecule has 0 radical (unpaired) electrons. The van der Waals surface area contributed by atoms with Crippen molar-refractivity contribution in [3.8, 4) is 0 Å². The lowest BCUT2D eigenvalue weighted by Crippen LogP contribution is -2.35. The molecule has 0 aromatic heterocycles. The molecular weight excluding hydrogens is 385 g/mol. The van der Waals surface area contributed by atoms with Gasteiger partial charge in [0.15, 0.2) is 0 Å². The standard InChI is InChI=1S/C15H22INO4/c1-10(2)17-15(18)21-11(3)14(20-9-19-4)12-7-5-6-8-13(12)16/h5-8,10-11,14H,9H2,1-4H3,(H,17,18)/t11-,14+/m0/s1. The lowest BCUT2D eigenvalue weighted by molar-refractivity contribution is -0.112. The van der Waals surface area contributed by atoms with Crippen LogP contribution in [0.5, 0.6) is 0 Å². The first-order chi connectivity index (χ1) is 9.95. The van der Waals surface area contributed by atoms with Crippen LogP contribution in [-0.4, -0.2) is 32.1 Å². The molecular formula is C15H22INO4. The van der Waals surface area contributed by atoms with E-state index >= 15 is 0 Å². The number of nitrogens with one attached hydrogen (secondary N) is 1. The average Bonchev–Trinajstić information content (AvgIpc) is 2.40. The van der Waals surface area contributed by atoms with E-state index in [2.05, 4.69) is 27.9 Å². The van der Waals surface area contributed by atoms with Crippen molar-refractivity contribution in [2.24, 2.45) is 0 Å². The Morgan fingerprint density at radius 2 is 1.95 bits per heavy atom. The van der Waals surface area contributed by atoms with Gasteiger partial charge in [0.2, 0.25) is 0 Å². The molecule has 1 aromatic carbocycles. The van der Waals surface area contributed by atoms with E-state index in [4.69, 9.17) is 14.2 Å². The third kappa shape index (κ3) is 6.19. The van der Waals surface area contributed by atoms with Gasteiger partial charge in [-0.25, -0.2) is 4.79 Å². The second kappa shape index (κ2) is 9.22. The summed E-state index contributed by atoms with van der Waals surface area (Å²) in [6, 6.07) is 7.86. The Labute approximate surface area is 139 Å². The molecule has 0 fully saturated rings. The number of hydrogen-bond acceptors (Lipinski definition) is 4. The molecule has 0 aliphatic rings. The molecule has 1 N–H and O–H groups in total. The molecule has 0 aliphatic heterocycles. The minimum absolute atomic E-state index is 0.0277. The smallest absolute Gasteiger partial charge is 0.407 e. The van der Waals surface area contributed by atoms with Crippen molar-refractivity contribution < 1.29 is 19.0 Å². The van der Waals surface area contributed by atoms with Gasteiger partial charge in [-0.15, -0.1) is 0 Å². The monoisotopic (exact) mass is 407 g/mol. The zero-order valence-corrected chi connectivity index (χ0v) is 14.9. The van der Waals surface area contributed by atoms with Crippen LogP contribution in [0.1, 0.15) is 32.4 Å². The lowest BCUT2D eigenvalue weighted by Gasteiger charge is -2.25. The minimum Gasteiger partial charge on any atom is -0.443 e. The van der Waals surface area contributed by atoms with Gasteiger partial charge in [-0.3, -0.25) is 0 Å². The highest BCUT2D eigenvalue weighted by atomic mass is 127. The second-order valence-electron chi connectivity index (χ2n) is 4.92. The average molecular weight is 407 g/mol. The van der Waals surface area contributed by atoms with Gasteiger partial charge in [0.05, 0.1) is 0 Å². The van der Waals surface area contributed by atoms with Gasteiger partial charge >= 0.3 is 6.09 Å². The van der Waals surface area contributed by atoms with Crippen molar-refractivity contribution in [3.63, 3.8) is 0 Å². The number of benzene rings is 1. The Balaban J connectivity index is 2.82. The van der Waals surface area contributed by atoms with Gasteiger partial charge in [0, 0.05) is 16.7 Å². The van der Waals surface area contributed by atoms with Crippen LogP contribution in [-0.2, 0) is 14.2 Å². The molecule has 1 aromatic rings. The molecule has 5 nitrogen and oxygen atoms in total. The normalized spacial score (nSPS) is 13.8. The van der Waals surface area contributed by atoms with E-state index in [1.165, 1.54) is 0 Å². The summed E-state index contributed by atoms with van der Waals surface area (Å²) in [4.78, 5) is 11.7. The molecule has 0 heterocycles. The molecule has 0 bridgehead atoms. The third-order valence-corrected chi connectivity index (χ3v) is 3.69. The molecule has 118 valence electrons. The number of alkyl carbamates (subject to hydrolysis) is 1. The Morgan fingerprint density at radius 3 is 2.52 bits per heavy atom. The Morgan fingerprint density at radius 1 is 1.29 bits per heavy atom. The number of carbonyl (C=O) groups is 1. The minimum atomic E-state index is -0.450. The van der Waals surface area contributed by atoms with Gasteiger partial charge in [-0.05, 0) is 55.0 Å². The molecule has 21 heavy (non-hydrogen) atoms. The first-order valence-electron chi connectivity index (χ1n) is 6.77. The van der Waals surface area contributed by atoms with Gasteiger partial charge in [0.1, 0.15) is 19.0 Å². The molecule has 6 heteroatoms. The maximum absolute atomic E-state index is 11.7. The summed E-state index contributed by atoms with van der Waals surface area (Å²) in [5, 5.41) is 2.70. The summed E-state index contributed by atoms with van der Waals surface area (Å²) in [5.41, 5.74) is 0.972. The highest BCUT2D eigenvalue weighted by Gasteiger charge is 2.25. The van der Waals surface area contributed by atoms with Crippen molar-refractivity contribution in [2.75, 3.05) is 13.9 Å². The molecule has 0 saturated carbocycles. The van der Waals surface area contributed by atoms with E-state index in [-0.39, 0.29) is 18.9 Å². The maximum atomic E-state index is 11.7. The highest BCUT2D eigenvalue weighted by Crippen LogP contribution is 2.27. The fraction of sp³-hybridized carbons (Fsp3) is 0.533. The van der Waals surface area contributed by atoms with Crippen LogP contribution in [0.3, 0.4) is 0 Å². The third-order valence-electron chi connectivity index (χ3n) is 2.70. The summed E-state index contributed by atoms with van der Waals surface area (Å²) in [6.45, 7) is 5.70. The molecule has 0 unspecified atom stereocenters. The topological polar surface area (TPSA) is 56.8 Å². The Hall–Kier alpha value is -0.860. The van der Waals surface area contributed by atoms with Gasteiger partial charge in [-0.2, -0.15) is 0 Å². The first kappa shape index (κ1) is 18.2. The van der Waals surface area contributed by atoms with Crippen molar-refractivity contribution in [1.29, 1.82) is 0 Å². The van der Waals surface area contributed by atoms with Crippen LogP contribution in [0.15, 0.2) is 24.3 Å². The predicted octanol–water partition coefficient (Wildman–Crippen LogP) is 3.48. The number of halogens is 1. The van der Waals surface area contributed by atoms with Gasteiger partial charge < -0.3 is 19.5 Å². The van der Waals surface area contributed by atoms with E-state index in [9.17, 15) is 4.79 Å². The zero-order valence-electron chi connectivity index (χ0n) is 12.8. The summed E-state index contributed by atoms with van der Waals surface area (Å²) in [6.07, 6.45) is -1.26. The molecule has 1 amide bonds. The van der Waals surface area contributed by atoms with Crippen LogP contribution in [0, 0.1) is 3.57 Å². The molecule has 0 aliphatic carbocycles. The predicted molar refractivity (Wildman–Crippen MR) is 89.1 cm³/mol. The van der Waals surface area contributed by atoms with E-state index in [0.717, 1.165) is 9.13 Å². The summed E-state index contributed by atoms with van der Waals surface area (Å²) in [7, 11) is 1.56. The largest absolute Gasteiger partial charge is 0.443 e.